The highest BCUT2D eigenvalue weighted by molar-refractivity contribution is 6.32. The smallest absolute Gasteiger partial charge is 0.191 e. The summed E-state index contributed by atoms with van der Waals surface area (Å²) in [6.45, 7) is 0.493. The van der Waals surface area contributed by atoms with Crippen LogP contribution in [0.1, 0.15) is 15.9 Å². The third-order valence-electron chi connectivity index (χ3n) is 2.55. The van der Waals surface area contributed by atoms with Gasteiger partial charge in [0, 0.05) is 35.3 Å². The van der Waals surface area contributed by atoms with E-state index in [1.54, 1.807) is 24.4 Å². The van der Waals surface area contributed by atoms with E-state index >= 15 is 0 Å². The van der Waals surface area contributed by atoms with Crippen molar-refractivity contribution in [3.05, 3.63) is 46.1 Å². The normalized spacial score (nSPS) is 16.6. The first kappa shape index (κ1) is 11.2. The van der Waals surface area contributed by atoms with Crippen molar-refractivity contribution in [2.45, 2.75) is 6.42 Å². The van der Waals surface area contributed by atoms with Crippen molar-refractivity contribution in [1.29, 1.82) is 0 Å². The molecule has 0 bridgehead atoms. The van der Waals surface area contributed by atoms with Crippen molar-refractivity contribution in [2.24, 2.45) is 0 Å². The molecule has 0 atom stereocenters. The van der Waals surface area contributed by atoms with Crippen LogP contribution in [0.15, 0.2) is 30.0 Å². The number of halogens is 1. The Morgan fingerprint density at radius 3 is 3.00 bits per heavy atom. The Labute approximate surface area is 98.7 Å². The number of Topliss-reactive ketones (excluding diaryl/α,β-unsaturated/α-hetero) is 1. The molecule has 2 rings (SSSR count). The highest BCUT2D eigenvalue weighted by Crippen LogP contribution is 2.31. The van der Waals surface area contributed by atoms with E-state index < -0.39 is 0 Å². The van der Waals surface area contributed by atoms with E-state index in [1.165, 1.54) is 0 Å². The van der Waals surface area contributed by atoms with Gasteiger partial charge in [0.15, 0.2) is 5.78 Å². The van der Waals surface area contributed by atoms with E-state index in [1.807, 2.05) is 0 Å². The van der Waals surface area contributed by atoms with Crippen LogP contribution in [0.4, 0.5) is 0 Å². The summed E-state index contributed by atoms with van der Waals surface area (Å²) in [6.07, 6.45) is 2.22. The molecule has 4 heteroatoms. The molecule has 0 heterocycles. The van der Waals surface area contributed by atoms with Crippen molar-refractivity contribution < 1.29 is 9.90 Å². The van der Waals surface area contributed by atoms with Crippen molar-refractivity contribution in [3.8, 4) is 0 Å². The summed E-state index contributed by atoms with van der Waals surface area (Å²) in [6, 6.07) is 5.36. The van der Waals surface area contributed by atoms with Crippen molar-refractivity contribution in [1.82, 2.24) is 5.32 Å². The van der Waals surface area contributed by atoms with E-state index in [9.17, 15) is 4.79 Å². The van der Waals surface area contributed by atoms with Crippen LogP contribution in [0.2, 0.25) is 5.02 Å². The van der Waals surface area contributed by atoms with Gasteiger partial charge in [0.1, 0.15) is 0 Å². The zero-order valence-corrected chi connectivity index (χ0v) is 9.42. The summed E-state index contributed by atoms with van der Waals surface area (Å²) in [5.41, 5.74) is 2.27. The van der Waals surface area contributed by atoms with Gasteiger partial charge in [-0.2, -0.15) is 0 Å². The summed E-state index contributed by atoms with van der Waals surface area (Å²) >= 11 is 6.02. The number of benzene rings is 1. The zero-order valence-electron chi connectivity index (χ0n) is 8.66. The zero-order chi connectivity index (χ0) is 11.5. The number of hydrogen-bond donors (Lipinski definition) is 2. The minimum Gasteiger partial charge on any atom is -0.395 e. The van der Waals surface area contributed by atoms with Gasteiger partial charge in [0.25, 0.3) is 0 Å². The fourth-order valence-corrected chi connectivity index (χ4v) is 2.01. The standard InChI is InChI=1S/C12H12ClNO2/c13-11-3-1-2-9-10(11)6-8(12(9)16)7-14-4-5-15/h1-3,7,14-15H,4-6H2/b8-7-. The lowest BCUT2D eigenvalue weighted by atomic mass is 10.1. The molecule has 1 aliphatic rings. The van der Waals surface area contributed by atoms with Gasteiger partial charge in [0.2, 0.25) is 0 Å². The summed E-state index contributed by atoms with van der Waals surface area (Å²) < 4.78 is 0. The predicted octanol–water partition coefficient (Wildman–Crippen LogP) is 1.54. The molecule has 3 nitrogen and oxygen atoms in total. The molecule has 0 saturated heterocycles. The van der Waals surface area contributed by atoms with Crippen LogP contribution < -0.4 is 5.32 Å². The van der Waals surface area contributed by atoms with E-state index in [2.05, 4.69) is 5.32 Å². The van der Waals surface area contributed by atoms with E-state index in [0.29, 0.717) is 29.1 Å². The molecule has 1 aromatic rings. The van der Waals surface area contributed by atoms with Gasteiger partial charge >= 0.3 is 0 Å². The first-order valence-electron chi connectivity index (χ1n) is 5.09. The van der Waals surface area contributed by atoms with Gasteiger partial charge in [-0.1, -0.05) is 23.7 Å². The number of carbonyl (C=O) groups excluding carboxylic acids is 1. The van der Waals surface area contributed by atoms with Crippen LogP contribution in [-0.4, -0.2) is 24.0 Å². The van der Waals surface area contributed by atoms with Gasteiger partial charge in [-0.05, 0) is 11.6 Å². The minimum atomic E-state index is 0.0166. The Morgan fingerprint density at radius 1 is 1.50 bits per heavy atom. The Morgan fingerprint density at radius 2 is 2.31 bits per heavy atom. The fraction of sp³-hybridized carbons (Fsp3) is 0.250. The Bertz CT molecular complexity index is 454. The number of carbonyl (C=O) groups is 1. The summed E-state index contributed by atoms with van der Waals surface area (Å²) in [5, 5.41) is 12.1. The lowest BCUT2D eigenvalue weighted by molar-refractivity contribution is 0.103. The van der Waals surface area contributed by atoms with E-state index in [4.69, 9.17) is 16.7 Å². The van der Waals surface area contributed by atoms with Gasteiger partial charge in [-0.25, -0.2) is 0 Å². The maximum Gasteiger partial charge on any atom is 0.191 e. The molecule has 16 heavy (non-hydrogen) atoms. The monoisotopic (exact) mass is 237 g/mol. The third kappa shape index (κ3) is 1.96. The van der Waals surface area contributed by atoms with E-state index in [0.717, 1.165) is 5.56 Å². The third-order valence-corrected chi connectivity index (χ3v) is 2.91. The number of aliphatic hydroxyl groups is 1. The number of ketones is 1. The molecule has 0 aromatic heterocycles. The van der Waals surface area contributed by atoms with Crippen LogP contribution >= 0.6 is 11.6 Å². The molecule has 0 unspecified atom stereocenters. The number of fused-ring (bicyclic) bond motifs is 1. The SMILES string of the molecule is O=C1/C(=C\NCCO)Cc2c(Cl)cccc21. The minimum absolute atomic E-state index is 0.0166. The lowest BCUT2D eigenvalue weighted by Gasteiger charge is -1.98. The second-order valence-electron chi connectivity index (χ2n) is 3.62. The Balaban J connectivity index is 2.24. The topological polar surface area (TPSA) is 49.3 Å². The van der Waals surface area contributed by atoms with Gasteiger partial charge in [0.05, 0.1) is 6.61 Å². The second-order valence-corrected chi connectivity index (χ2v) is 4.03. The number of rotatable bonds is 3. The van der Waals surface area contributed by atoms with Crippen LogP contribution in [0.25, 0.3) is 0 Å². The van der Waals surface area contributed by atoms with Gasteiger partial charge in [-0.15, -0.1) is 0 Å². The lowest BCUT2D eigenvalue weighted by Crippen LogP contribution is -2.13. The van der Waals surface area contributed by atoms with Crippen LogP contribution in [0.5, 0.6) is 0 Å². The van der Waals surface area contributed by atoms with Crippen molar-refractivity contribution in [2.75, 3.05) is 13.2 Å². The largest absolute Gasteiger partial charge is 0.395 e. The molecule has 0 radical (unpaired) electrons. The molecule has 0 amide bonds. The van der Waals surface area contributed by atoms with Crippen LogP contribution in [0, 0.1) is 0 Å². The second kappa shape index (κ2) is 4.68. The molecule has 0 spiro atoms. The average molecular weight is 238 g/mol. The maximum atomic E-state index is 11.9. The summed E-state index contributed by atoms with van der Waals surface area (Å²) in [7, 11) is 0. The molecular weight excluding hydrogens is 226 g/mol. The van der Waals surface area contributed by atoms with Gasteiger partial charge in [-0.3, -0.25) is 4.79 Å². The molecule has 84 valence electrons. The maximum absolute atomic E-state index is 11.9. The highest BCUT2D eigenvalue weighted by atomic mass is 35.5. The molecule has 0 aliphatic heterocycles. The highest BCUT2D eigenvalue weighted by Gasteiger charge is 2.26. The first-order chi connectivity index (χ1) is 7.74. The van der Waals surface area contributed by atoms with E-state index in [-0.39, 0.29) is 12.4 Å². The quantitative estimate of drug-likeness (QED) is 0.620. The molecule has 2 N–H and O–H groups in total. The predicted molar refractivity (Wildman–Crippen MR) is 62.7 cm³/mol. The Hall–Kier alpha value is -1.32. The number of aliphatic hydroxyl groups excluding tert-OH is 1. The average Bonchev–Trinajstić information content (AvgIpc) is 2.59. The van der Waals surface area contributed by atoms with Crippen LogP contribution in [0.3, 0.4) is 0 Å². The molecule has 1 aliphatic carbocycles. The fourth-order valence-electron chi connectivity index (χ4n) is 1.77. The van der Waals surface area contributed by atoms with Crippen molar-refractivity contribution >= 4 is 17.4 Å². The number of hydrogen-bond acceptors (Lipinski definition) is 3. The summed E-state index contributed by atoms with van der Waals surface area (Å²) in [4.78, 5) is 11.9. The summed E-state index contributed by atoms with van der Waals surface area (Å²) in [5.74, 6) is 0.0166. The van der Waals surface area contributed by atoms with Crippen LogP contribution in [-0.2, 0) is 6.42 Å². The molecule has 0 fully saturated rings. The molecular formula is C12H12ClNO2. The molecule has 1 aromatic carbocycles. The van der Waals surface area contributed by atoms with Gasteiger partial charge < -0.3 is 10.4 Å². The number of allylic oxidation sites excluding steroid dienone is 1. The first-order valence-corrected chi connectivity index (χ1v) is 5.47. The van der Waals surface area contributed by atoms with Crippen molar-refractivity contribution in [3.63, 3.8) is 0 Å². The number of nitrogens with one attached hydrogen (secondary N) is 1. The molecule has 0 saturated carbocycles. The Kier molecular flexibility index (Phi) is 3.27.